The topological polar surface area (TPSA) is 54.6 Å². The maximum Gasteiger partial charge on any atom is 0.131 e. The van der Waals surface area contributed by atoms with E-state index in [4.69, 9.17) is 10.5 Å². The van der Waals surface area contributed by atoms with Crippen LogP contribution in [0.2, 0.25) is 0 Å². The van der Waals surface area contributed by atoms with Gasteiger partial charge in [0.1, 0.15) is 5.82 Å². The molecule has 2 aliphatic heterocycles. The first-order valence-electron chi connectivity index (χ1n) is 8.00. The number of nitrogens with zero attached hydrogens (tertiary/aromatic N) is 3. The van der Waals surface area contributed by atoms with Crippen molar-refractivity contribution in [1.82, 2.24) is 9.88 Å². The number of aromatic nitrogens is 1. The van der Waals surface area contributed by atoms with Crippen molar-refractivity contribution < 1.29 is 4.74 Å². The fraction of sp³-hybridized carbons (Fsp3) is 0.688. The van der Waals surface area contributed by atoms with Gasteiger partial charge in [-0.2, -0.15) is 0 Å². The maximum absolute atomic E-state index is 5.62. The van der Waals surface area contributed by atoms with Crippen LogP contribution in [0.25, 0.3) is 0 Å². The Balaban J connectivity index is 1.65. The van der Waals surface area contributed by atoms with Gasteiger partial charge in [-0.1, -0.05) is 6.07 Å². The average molecular weight is 290 g/mol. The third kappa shape index (κ3) is 3.36. The number of pyridine rings is 1. The van der Waals surface area contributed by atoms with Gasteiger partial charge in [-0.05, 0) is 37.4 Å². The highest BCUT2D eigenvalue weighted by molar-refractivity contribution is 5.48. The second kappa shape index (κ2) is 6.73. The molecule has 21 heavy (non-hydrogen) atoms. The summed E-state index contributed by atoms with van der Waals surface area (Å²) in [6, 6.07) is 2.89. The lowest BCUT2D eigenvalue weighted by molar-refractivity contribution is 0.0209. The third-order valence-corrected chi connectivity index (χ3v) is 4.57. The Hall–Kier alpha value is -1.17. The van der Waals surface area contributed by atoms with Crippen molar-refractivity contribution in [3.05, 3.63) is 23.4 Å². The van der Waals surface area contributed by atoms with E-state index in [0.29, 0.717) is 12.6 Å². The highest BCUT2D eigenvalue weighted by Gasteiger charge is 2.29. The van der Waals surface area contributed by atoms with Crippen LogP contribution >= 0.6 is 0 Å². The number of nitrogens with two attached hydrogens (primary N) is 1. The van der Waals surface area contributed by atoms with E-state index < -0.39 is 0 Å². The van der Waals surface area contributed by atoms with Crippen molar-refractivity contribution in [3.63, 3.8) is 0 Å². The SMILES string of the molecule is Cc1cc(CCN)cnc1N1CCC(N2CCOCC2)C1. The van der Waals surface area contributed by atoms with E-state index in [9.17, 15) is 0 Å². The van der Waals surface area contributed by atoms with Crippen molar-refractivity contribution in [2.24, 2.45) is 5.73 Å². The first kappa shape index (κ1) is 14.8. The van der Waals surface area contributed by atoms with Gasteiger partial charge < -0.3 is 15.4 Å². The molecule has 0 bridgehead atoms. The van der Waals surface area contributed by atoms with E-state index >= 15 is 0 Å². The van der Waals surface area contributed by atoms with Gasteiger partial charge in [0.25, 0.3) is 0 Å². The molecule has 2 aliphatic rings. The van der Waals surface area contributed by atoms with Crippen LogP contribution in [0.3, 0.4) is 0 Å². The van der Waals surface area contributed by atoms with Gasteiger partial charge in [0.05, 0.1) is 13.2 Å². The Labute approximate surface area is 127 Å². The van der Waals surface area contributed by atoms with E-state index in [1.807, 2.05) is 6.20 Å². The molecule has 0 aliphatic carbocycles. The predicted octanol–water partition coefficient (Wildman–Crippen LogP) is 0.802. The second-order valence-electron chi connectivity index (χ2n) is 6.06. The van der Waals surface area contributed by atoms with Crippen LogP contribution in [0.15, 0.2) is 12.3 Å². The minimum Gasteiger partial charge on any atom is -0.379 e. The zero-order chi connectivity index (χ0) is 14.7. The largest absolute Gasteiger partial charge is 0.379 e. The van der Waals surface area contributed by atoms with Gasteiger partial charge in [0.15, 0.2) is 0 Å². The zero-order valence-corrected chi connectivity index (χ0v) is 12.9. The summed E-state index contributed by atoms with van der Waals surface area (Å²) in [5.74, 6) is 1.14. The van der Waals surface area contributed by atoms with E-state index in [-0.39, 0.29) is 0 Å². The van der Waals surface area contributed by atoms with Crippen molar-refractivity contribution >= 4 is 5.82 Å². The number of ether oxygens (including phenoxy) is 1. The van der Waals surface area contributed by atoms with Crippen LogP contribution in [-0.4, -0.2) is 61.9 Å². The van der Waals surface area contributed by atoms with Gasteiger partial charge >= 0.3 is 0 Å². The zero-order valence-electron chi connectivity index (χ0n) is 12.9. The van der Waals surface area contributed by atoms with Crippen molar-refractivity contribution in [3.8, 4) is 0 Å². The Morgan fingerprint density at radius 2 is 2.14 bits per heavy atom. The standard InChI is InChI=1S/C16H26N4O/c1-13-10-14(2-4-17)11-18-16(13)20-5-3-15(12-20)19-6-8-21-9-7-19/h10-11,15H,2-9,12,17H2,1H3. The fourth-order valence-corrected chi connectivity index (χ4v) is 3.44. The van der Waals surface area contributed by atoms with E-state index in [2.05, 4.69) is 27.8 Å². The quantitative estimate of drug-likeness (QED) is 0.889. The molecular formula is C16H26N4O. The van der Waals surface area contributed by atoms with Crippen LogP contribution < -0.4 is 10.6 Å². The summed E-state index contributed by atoms with van der Waals surface area (Å²) in [5.41, 5.74) is 8.12. The molecule has 1 aromatic heterocycles. The number of hydrogen-bond donors (Lipinski definition) is 1. The summed E-state index contributed by atoms with van der Waals surface area (Å²) in [6.07, 6.45) is 4.12. The molecule has 1 aromatic rings. The Morgan fingerprint density at radius 3 is 2.86 bits per heavy atom. The van der Waals surface area contributed by atoms with Gasteiger partial charge in [0.2, 0.25) is 0 Å². The summed E-state index contributed by atoms with van der Waals surface area (Å²) in [5, 5.41) is 0. The van der Waals surface area contributed by atoms with Crippen LogP contribution in [-0.2, 0) is 11.2 Å². The molecule has 0 aromatic carbocycles. The highest BCUT2D eigenvalue weighted by atomic mass is 16.5. The second-order valence-corrected chi connectivity index (χ2v) is 6.06. The Kier molecular flexibility index (Phi) is 4.73. The number of rotatable bonds is 4. The molecular weight excluding hydrogens is 264 g/mol. The van der Waals surface area contributed by atoms with Crippen LogP contribution in [0, 0.1) is 6.92 Å². The summed E-state index contributed by atoms with van der Waals surface area (Å²) >= 11 is 0. The van der Waals surface area contributed by atoms with Crippen LogP contribution in [0.5, 0.6) is 0 Å². The lowest BCUT2D eigenvalue weighted by Crippen LogP contribution is -2.44. The number of hydrogen-bond acceptors (Lipinski definition) is 5. The van der Waals surface area contributed by atoms with Crippen molar-refractivity contribution in [2.45, 2.75) is 25.8 Å². The van der Waals surface area contributed by atoms with Crippen LogP contribution in [0.1, 0.15) is 17.5 Å². The van der Waals surface area contributed by atoms with Crippen molar-refractivity contribution in [2.75, 3.05) is 50.8 Å². The summed E-state index contributed by atoms with van der Waals surface area (Å²) in [7, 11) is 0. The first-order chi connectivity index (χ1) is 10.3. The Bertz CT molecular complexity index is 473. The normalized spacial score (nSPS) is 23.7. The molecule has 2 fully saturated rings. The minimum absolute atomic E-state index is 0.652. The van der Waals surface area contributed by atoms with E-state index in [0.717, 1.165) is 51.6 Å². The summed E-state index contributed by atoms with van der Waals surface area (Å²) in [4.78, 5) is 9.69. The summed E-state index contributed by atoms with van der Waals surface area (Å²) in [6.45, 7) is 8.92. The minimum atomic E-state index is 0.652. The van der Waals surface area contributed by atoms with Crippen molar-refractivity contribution in [1.29, 1.82) is 0 Å². The average Bonchev–Trinajstić information content (AvgIpc) is 2.98. The molecule has 3 heterocycles. The molecule has 1 unspecified atom stereocenters. The number of morpholine rings is 1. The van der Waals surface area contributed by atoms with Gasteiger partial charge in [-0.15, -0.1) is 0 Å². The smallest absolute Gasteiger partial charge is 0.131 e. The molecule has 2 saturated heterocycles. The van der Waals surface area contributed by atoms with Gasteiger partial charge in [-0.3, -0.25) is 4.90 Å². The fourth-order valence-electron chi connectivity index (χ4n) is 3.44. The first-order valence-corrected chi connectivity index (χ1v) is 8.00. The molecule has 0 radical (unpaired) electrons. The van der Waals surface area contributed by atoms with Gasteiger partial charge in [-0.25, -0.2) is 4.98 Å². The van der Waals surface area contributed by atoms with Crippen LogP contribution in [0.4, 0.5) is 5.82 Å². The molecule has 5 heteroatoms. The molecule has 1 atom stereocenters. The molecule has 0 amide bonds. The highest BCUT2D eigenvalue weighted by Crippen LogP contribution is 2.25. The number of aryl methyl sites for hydroxylation is 1. The van der Waals surface area contributed by atoms with E-state index in [1.165, 1.54) is 17.5 Å². The van der Waals surface area contributed by atoms with E-state index in [1.54, 1.807) is 0 Å². The molecule has 116 valence electrons. The molecule has 2 N–H and O–H groups in total. The lowest BCUT2D eigenvalue weighted by atomic mass is 10.1. The summed E-state index contributed by atoms with van der Waals surface area (Å²) < 4.78 is 5.45. The molecule has 0 saturated carbocycles. The van der Waals surface area contributed by atoms with Gasteiger partial charge in [0, 0.05) is 38.4 Å². The molecule has 3 rings (SSSR count). The lowest BCUT2D eigenvalue weighted by Gasteiger charge is -2.32. The molecule has 5 nitrogen and oxygen atoms in total. The third-order valence-electron chi connectivity index (χ3n) is 4.57. The molecule has 0 spiro atoms. The number of anilines is 1. The Morgan fingerprint density at radius 1 is 1.33 bits per heavy atom. The predicted molar refractivity (Wildman–Crippen MR) is 84.7 cm³/mol. The monoisotopic (exact) mass is 290 g/mol. The maximum atomic E-state index is 5.62.